The first-order valence-electron chi connectivity index (χ1n) is 5.60. The summed E-state index contributed by atoms with van der Waals surface area (Å²) in [6.45, 7) is 0. The summed E-state index contributed by atoms with van der Waals surface area (Å²) in [5.74, 6) is 0.515. The van der Waals surface area contributed by atoms with Crippen molar-refractivity contribution in [2.75, 3.05) is 12.5 Å². The minimum absolute atomic E-state index is 0.0814. The summed E-state index contributed by atoms with van der Waals surface area (Å²) in [4.78, 5) is 0. The van der Waals surface area contributed by atoms with Crippen LogP contribution in [-0.4, -0.2) is 18.4 Å². The Hall–Kier alpha value is -2.20. The van der Waals surface area contributed by atoms with Crippen LogP contribution in [0.5, 0.6) is 11.5 Å². The van der Waals surface area contributed by atoms with Gasteiger partial charge in [-0.1, -0.05) is 11.6 Å². The number of hydrogen-bond acceptors (Lipinski definition) is 4. The minimum Gasteiger partial charge on any atom is -0.504 e. The Bertz CT molecular complexity index is 582. The zero-order chi connectivity index (χ0) is 13.7. The molecule has 19 heavy (non-hydrogen) atoms. The number of hydrazone groups is 1. The van der Waals surface area contributed by atoms with Gasteiger partial charge in [-0.2, -0.15) is 5.10 Å². The summed E-state index contributed by atoms with van der Waals surface area (Å²) in [5.41, 5.74) is 4.46. The van der Waals surface area contributed by atoms with E-state index >= 15 is 0 Å². The van der Waals surface area contributed by atoms with Gasteiger partial charge in [-0.25, -0.2) is 0 Å². The molecule has 0 aliphatic heterocycles. The molecule has 0 aliphatic rings. The average Bonchev–Trinajstić information content (AvgIpc) is 2.41. The maximum atomic E-state index is 9.62. The molecule has 0 fully saturated rings. The highest BCUT2D eigenvalue weighted by Crippen LogP contribution is 2.25. The first-order chi connectivity index (χ1) is 9.19. The molecule has 5 heteroatoms. The van der Waals surface area contributed by atoms with E-state index in [9.17, 15) is 5.11 Å². The van der Waals surface area contributed by atoms with Crippen LogP contribution in [0.2, 0.25) is 5.02 Å². The Labute approximate surface area is 116 Å². The molecule has 0 saturated carbocycles. The number of phenols is 1. The number of ether oxygens (including phenoxy) is 1. The minimum atomic E-state index is 0.0814. The molecule has 2 aromatic rings. The van der Waals surface area contributed by atoms with E-state index in [1.165, 1.54) is 7.11 Å². The quantitative estimate of drug-likeness (QED) is 0.664. The second-order valence-corrected chi connectivity index (χ2v) is 4.24. The van der Waals surface area contributed by atoms with Crippen molar-refractivity contribution < 1.29 is 9.84 Å². The highest BCUT2D eigenvalue weighted by molar-refractivity contribution is 6.30. The topological polar surface area (TPSA) is 53.8 Å². The van der Waals surface area contributed by atoms with E-state index < -0.39 is 0 Å². The summed E-state index contributed by atoms with van der Waals surface area (Å²) in [6, 6.07) is 12.3. The fraction of sp³-hybridized carbons (Fsp3) is 0.0714. The van der Waals surface area contributed by atoms with E-state index in [4.69, 9.17) is 16.3 Å². The van der Waals surface area contributed by atoms with Crippen molar-refractivity contribution in [3.8, 4) is 11.5 Å². The van der Waals surface area contributed by atoms with E-state index in [1.807, 2.05) is 12.1 Å². The van der Waals surface area contributed by atoms with Gasteiger partial charge in [-0.05, 0) is 48.0 Å². The predicted octanol–water partition coefficient (Wildman–Crippen LogP) is 3.50. The maximum absolute atomic E-state index is 9.62. The van der Waals surface area contributed by atoms with E-state index in [2.05, 4.69) is 10.5 Å². The molecule has 2 aromatic carbocycles. The fourth-order valence-electron chi connectivity index (χ4n) is 1.49. The van der Waals surface area contributed by atoms with Crippen LogP contribution < -0.4 is 10.2 Å². The monoisotopic (exact) mass is 276 g/mol. The third-order valence-corrected chi connectivity index (χ3v) is 2.71. The largest absolute Gasteiger partial charge is 0.504 e. The summed E-state index contributed by atoms with van der Waals surface area (Å²) >= 11 is 5.78. The Kier molecular flexibility index (Phi) is 4.26. The van der Waals surface area contributed by atoms with Gasteiger partial charge < -0.3 is 9.84 Å². The lowest BCUT2D eigenvalue weighted by Crippen LogP contribution is -1.91. The Morgan fingerprint density at radius 3 is 2.58 bits per heavy atom. The first kappa shape index (κ1) is 13.2. The molecule has 0 aliphatic carbocycles. The Morgan fingerprint density at radius 2 is 1.95 bits per heavy atom. The van der Waals surface area contributed by atoms with Crippen LogP contribution in [0.3, 0.4) is 0 Å². The second-order valence-electron chi connectivity index (χ2n) is 3.81. The molecule has 2 N–H and O–H groups in total. The van der Waals surface area contributed by atoms with Crippen molar-refractivity contribution in [3.63, 3.8) is 0 Å². The summed E-state index contributed by atoms with van der Waals surface area (Å²) in [5, 5.41) is 14.4. The van der Waals surface area contributed by atoms with E-state index in [1.54, 1.807) is 36.5 Å². The zero-order valence-corrected chi connectivity index (χ0v) is 11.1. The van der Waals surface area contributed by atoms with Gasteiger partial charge in [0.1, 0.15) is 0 Å². The third-order valence-electron chi connectivity index (χ3n) is 2.45. The van der Waals surface area contributed by atoms with Gasteiger partial charge in [0.2, 0.25) is 0 Å². The molecule has 0 radical (unpaired) electrons. The third kappa shape index (κ3) is 3.63. The second kappa shape index (κ2) is 6.11. The number of hydrogen-bond donors (Lipinski definition) is 2. The lowest BCUT2D eigenvalue weighted by atomic mass is 10.2. The van der Waals surface area contributed by atoms with Crippen LogP contribution in [0, 0.1) is 0 Å². The number of methoxy groups -OCH3 is 1. The van der Waals surface area contributed by atoms with Crippen LogP contribution in [0.15, 0.2) is 47.6 Å². The molecule has 0 aromatic heterocycles. The lowest BCUT2D eigenvalue weighted by Gasteiger charge is -2.03. The predicted molar refractivity (Wildman–Crippen MR) is 77.3 cm³/mol. The molecule has 98 valence electrons. The van der Waals surface area contributed by atoms with Gasteiger partial charge in [-0.3, -0.25) is 5.43 Å². The summed E-state index contributed by atoms with van der Waals surface area (Å²) in [7, 11) is 1.50. The first-order valence-corrected chi connectivity index (χ1v) is 5.98. The number of anilines is 1. The van der Waals surface area contributed by atoms with Crippen molar-refractivity contribution in [1.29, 1.82) is 0 Å². The molecule has 0 atom stereocenters. The number of nitrogens with one attached hydrogen (secondary N) is 1. The molecule has 0 spiro atoms. The molecule has 0 bridgehead atoms. The van der Waals surface area contributed by atoms with Gasteiger partial charge >= 0.3 is 0 Å². The van der Waals surface area contributed by atoms with Crippen molar-refractivity contribution in [3.05, 3.63) is 53.1 Å². The molecule has 0 heterocycles. The number of halogens is 1. The maximum Gasteiger partial charge on any atom is 0.160 e. The number of aromatic hydroxyl groups is 1. The van der Waals surface area contributed by atoms with Crippen LogP contribution in [0.25, 0.3) is 0 Å². The van der Waals surface area contributed by atoms with Crippen molar-refractivity contribution in [2.45, 2.75) is 0 Å². The smallest absolute Gasteiger partial charge is 0.160 e. The normalized spacial score (nSPS) is 10.6. The standard InChI is InChI=1S/C14H13ClN2O2/c1-19-14-7-2-10(8-13(14)18)9-16-17-12-5-3-11(15)4-6-12/h2-9,17-18H,1H3/b16-9+. The molecule has 0 saturated heterocycles. The van der Waals surface area contributed by atoms with Gasteiger partial charge in [-0.15, -0.1) is 0 Å². The fourth-order valence-corrected chi connectivity index (χ4v) is 1.62. The van der Waals surface area contributed by atoms with Gasteiger partial charge in [0, 0.05) is 5.02 Å². The molecule has 2 rings (SSSR count). The Morgan fingerprint density at radius 1 is 1.21 bits per heavy atom. The van der Waals surface area contributed by atoms with Crippen molar-refractivity contribution in [1.82, 2.24) is 0 Å². The van der Waals surface area contributed by atoms with Gasteiger partial charge in [0.05, 0.1) is 19.0 Å². The molecular weight excluding hydrogens is 264 g/mol. The average molecular weight is 277 g/mol. The van der Waals surface area contributed by atoms with E-state index in [-0.39, 0.29) is 5.75 Å². The molecular formula is C14H13ClN2O2. The lowest BCUT2D eigenvalue weighted by molar-refractivity contribution is 0.373. The highest BCUT2D eigenvalue weighted by Gasteiger charge is 2.00. The number of benzene rings is 2. The van der Waals surface area contributed by atoms with Crippen molar-refractivity contribution >= 4 is 23.5 Å². The SMILES string of the molecule is COc1ccc(/C=N/Nc2ccc(Cl)cc2)cc1O. The van der Waals surface area contributed by atoms with E-state index in [0.717, 1.165) is 11.3 Å². The molecule has 0 amide bonds. The van der Waals surface area contributed by atoms with Gasteiger partial charge in [0.25, 0.3) is 0 Å². The molecule has 0 unspecified atom stereocenters. The van der Waals surface area contributed by atoms with Crippen molar-refractivity contribution in [2.24, 2.45) is 5.10 Å². The van der Waals surface area contributed by atoms with Crippen LogP contribution in [-0.2, 0) is 0 Å². The number of nitrogens with zero attached hydrogens (tertiary/aromatic N) is 1. The van der Waals surface area contributed by atoms with Crippen LogP contribution >= 0.6 is 11.6 Å². The zero-order valence-electron chi connectivity index (χ0n) is 10.3. The van der Waals surface area contributed by atoms with Gasteiger partial charge in [0.15, 0.2) is 11.5 Å². The summed E-state index contributed by atoms with van der Waals surface area (Å²) in [6.07, 6.45) is 1.60. The van der Waals surface area contributed by atoms with Crippen LogP contribution in [0.4, 0.5) is 5.69 Å². The highest BCUT2D eigenvalue weighted by atomic mass is 35.5. The Balaban J connectivity index is 2.02. The van der Waals surface area contributed by atoms with E-state index in [0.29, 0.717) is 10.8 Å². The van der Waals surface area contributed by atoms with Crippen LogP contribution in [0.1, 0.15) is 5.56 Å². The number of rotatable bonds is 4. The summed E-state index contributed by atoms with van der Waals surface area (Å²) < 4.78 is 4.96. The molecule has 4 nitrogen and oxygen atoms in total. The number of phenolic OH excluding ortho intramolecular Hbond substituents is 1.